The minimum Gasteiger partial charge on any atom is -0.271 e. The summed E-state index contributed by atoms with van der Waals surface area (Å²) in [7, 11) is 0. The van der Waals surface area contributed by atoms with Gasteiger partial charge in [0.25, 0.3) is 0 Å². The average molecular weight is 343 g/mol. The first-order chi connectivity index (χ1) is 9.63. The van der Waals surface area contributed by atoms with Crippen molar-refractivity contribution < 1.29 is 4.39 Å². The Morgan fingerprint density at radius 2 is 2.25 bits per heavy atom. The summed E-state index contributed by atoms with van der Waals surface area (Å²) in [5.41, 5.74) is 4.11. The van der Waals surface area contributed by atoms with Gasteiger partial charge in [-0.1, -0.05) is 32.3 Å². The standard InChI is InChI=1S/C16H24BrFN2/c1-2-11-4-3-5-13(8-11)16(20-19)10-12-6-7-15(18)14(17)9-12/h6-7,9,11,13,16,20H,2-5,8,10,19H2,1H3. The first-order valence-electron chi connectivity index (χ1n) is 7.54. The van der Waals surface area contributed by atoms with E-state index >= 15 is 0 Å². The van der Waals surface area contributed by atoms with Crippen molar-refractivity contribution in [3.63, 3.8) is 0 Å². The Balaban J connectivity index is 2.02. The zero-order valence-electron chi connectivity index (χ0n) is 12.0. The summed E-state index contributed by atoms with van der Waals surface area (Å²) in [6.07, 6.45) is 7.27. The molecule has 1 fully saturated rings. The number of hydrogen-bond acceptors (Lipinski definition) is 2. The summed E-state index contributed by atoms with van der Waals surface area (Å²) in [6, 6.07) is 5.51. The fourth-order valence-electron chi connectivity index (χ4n) is 3.35. The van der Waals surface area contributed by atoms with Crippen LogP contribution in [0.1, 0.15) is 44.6 Å². The topological polar surface area (TPSA) is 38.0 Å². The predicted molar refractivity (Wildman–Crippen MR) is 84.7 cm³/mol. The zero-order chi connectivity index (χ0) is 14.5. The predicted octanol–water partition coefficient (Wildman–Crippen LogP) is 4.18. The molecular weight excluding hydrogens is 319 g/mol. The van der Waals surface area contributed by atoms with E-state index in [4.69, 9.17) is 5.84 Å². The Kier molecular flexibility index (Phi) is 6.00. The second-order valence-corrected chi connectivity index (χ2v) is 6.78. The van der Waals surface area contributed by atoms with Crippen LogP contribution in [0.15, 0.2) is 22.7 Å². The van der Waals surface area contributed by atoms with Crippen LogP contribution in [0.4, 0.5) is 4.39 Å². The third-order valence-electron chi connectivity index (χ3n) is 4.62. The van der Waals surface area contributed by atoms with E-state index in [0.29, 0.717) is 10.4 Å². The molecule has 1 aliphatic rings. The molecule has 0 aliphatic heterocycles. The number of benzene rings is 1. The lowest BCUT2D eigenvalue weighted by Crippen LogP contribution is -2.44. The van der Waals surface area contributed by atoms with Crippen molar-refractivity contribution in [1.82, 2.24) is 5.43 Å². The number of hydrogen-bond donors (Lipinski definition) is 2. The molecule has 0 aromatic heterocycles. The molecule has 0 saturated heterocycles. The Morgan fingerprint density at radius 3 is 2.90 bits per heavy atom. The van der Waals surface area contributed by atoms with E-state index in [-0.39, 0.29) is 11.9 Å². The van der Waals surface area contributed by atoms with Gasteiger partial charge < -0.3 is 0 Å². The van der Waals surface area contributed by atoms with Crippen molar-refractivity contribution in [3.8, 4) is 0 Å². The Bertz CT molecular complexity index is 438. The third kappa shape index (κ3) is 4.03. The van der Waals surface area contributed by atoms with E-state index in [2.05, 4.69) is 28.3 Å². The molecule has 1 aromatic rings. The van der Waals surface area contributed by atoms with Gasteiger partial charge in [0.05, 0.1) is 4.47 Å². The highest BCUT2D eigenvalue weighted by molar-refractivity contribution is 9.10. The number of halogens is 2. The highest BCUT2D eigenvalue weighted by atomic mass is 79.9. The smallest absolute Gasteiger partial charge is 0.137 e. The second kappa shape index (κ2) is 7.53. The summed E-state index contributed by atoms with van der Waals surface area (Å²) >= 11 is 3.25. The van der Waals surface area contributed by atoms with Gasteiger partial charge >= 0.3 is 0 Å². The molecule has 2 nitrogen and oxygen atoms in total. The third-order valence-corrected chi connectivity index (χ3v) is 5.23. The van der Waals surface area contributed by atoms with Crippen LogP contribution in [-0.2, 0) is 6.42 Å². The average Bonchev–Trinajstić information content (AvgIpc) is 2.48. The van der Waals surface area contributed by atoms with Crippen LogP contribution >= 0.6 is 15.9 Å². The van der Waals surface area contributed by atoms with Crippen molar-refractivity contribution in [1.29, 1.82) is 0 Å². The Labute approximate surface area is 129 Å². The normalized spacial score (nSPS) is 24.6. The van der Waals surface area contributed by atoms with Crippen LogP contribution in [0.5, 0.6) is 0 Å². The Morgan fingerprint density at radius 1 is 1.45 bits per heavy atom. The first-order valence-corrected chi connectivity index (χ1v) is 8.33. The van der Waals surface area contributed by atoms with Gasteiger partial charge in [-0.15, -0.1) is 0 Å². The molecule has 0 spiro atoms. The maximum Gasteiger partial charge on any atom is 0.137 e. The van der Waals surface area contributed by atoms with Gasteiger partial charge in [-0.2, -0.15) is 0 Å². The molecule has 112 valence electrons. The van der Waals surface area contributed by atoms with Crippen molar-refractivity contribution in [2.45, 2.75) is 51.5 Å². The van der Waals surface area contributed by atoms with Gasteiger partial charge in [0.2, 0.25) is 0 Å². The molecule has 3 atom stereocenters. The molecule has 2 rings (SSSR count). The van der Waals surface area contributed by atoms with E-state index in [1.165, 1.54) is 38.2 Å². The molecule has 0 heterocycles. The summed E-state index contributed by atoms with van der Waals surface area (Å²) in [5.74, 6) is 7.02. The molecule has 3 N–H and O–H groups in total. The second-order valence-electron chi connectivity index (χ2n) is 5.93. The number of hydrazine groups is 1. The number of nitrogens with two attached hydrogens (primary N) is 1. The van der Waals surface area contributed by atoms with Crippen LogP contribution in [0.3, 0.4) is 0 Å². The van der Waals surface area contributed by atoms with Gasteiger partial charge in [0.1, 0.15) is 5.82 Å². The van der Waals surface area contributed by atoms with Crippen molar-refractivity contribution >= 4 is 15.9 Å². The lowest BCUT2D eigenvalue weighted by molar-refractivity contribution is 0.208. The minimum atomic E-state index is -0.213. The van der Waals surface area contributed by atoms with Crippen LogP contribution < -0.4 is 11.3 Å². The van der Waals surface area contributed by atoms with Crippen LogP contribution in [-0.4, -0.2) is 6.04 Å². The van der Waals surface area contributed by atoms with Gasteiger partial charge in [-0.05, 0) is 64.7 Å². The van der Waals surface area contributed by atoms with Crippen LogP contribution in [0.2, 0.25) is 0 Å². The van der Waals surface area contributed by atoms with Gasteiger partial charge in [-0.25, -0.2) is 4.39 Å². The van der Waals surface area contributed by atoms with E-state index in [1.807, 2.05) is 12.1 Å². The van der Waals surface area contributed by atoms with E-state index < -0.39 is 0 Å². The summed E-state index contributed by atoms with van der Waals surface area (Å²) in [5, 5.41) is 0. The molecular formula is C16H24BrFN2. The molecule has 1 saturated carbocycles. The van der Waals surface area contributed by atoms with Crippen molar-refractivity contribution in [2.75, 3.05) is 0 Å². The van der Waals surface area contributed by atoms with E-state index in [0.717, 1.165) is 17.9 Å². The van der Waals surface area contributed by atoms with Crippen LogP contribution in [0, 0.1) is 17.7 Å². The quantitative estimate of drug-likeness (QED) is 0.622. The lowest BCUT2D eigenvalue weighted by Gasteiger charge is -2.34. The van der Waals surface area contributed by atoms with Crippen LogP contribution in [0.25, 0.3) is 0 Å². The monoisotopic (exact) mass is 342 g/mol. The maximum atomic E-state index is 13.3. The molecule has 0 amide bonds. The van der Waals surface area contributed by atoms with Gasteiger partial charge in [-0.3, -0.25) is 11.3 Å². The highest BCUT2D eigenvalue weighted by Gasteiger charge is 2.27. The van der Waals surface area contributed by atoms with Gasteiger partial charge in [0, 0.05) is 6.04 Å². The first kappa shape index (κ1) is 15.9. The highest BCUT2D eigenvalue weighted by Crippen LogP contribution is 2.33. The SMILES string of the molecule is CCC1CCCC(C(Cc2ccc(F)c(Br)c2)NN)C1. The summed E-state index contributed by atoms with van der Waals surface area (Å²) in [4.78, 5) is 0. The molecule has 1 aromatic carbocycles. The van der Waals surface area contributed by atoms with E-state index in [9.17, 15) is 4.39 Å². The van der Waals surface area contributed by atoms with E-state index in [1.54, 1.807) is 0 Å². The Hall–Kier alpha value is -0.450. The van der Waals surface area contributed by atoms with Crippen molar-refractivity contribution in [3.05, 3.63) is 34.1 Å². The van der Waals surface area contributed by atoms with Crippen molar-refractivity contribution in [2.24, 2.45) is 17.7 Å². The number of nitrogens with one attached hydrogen (secondary N) is 1. The molecule has 4 heteroatoms. The largest absolute Gasteiger partial charge is 0.271 e. The molecule has 0 radical (unpaired) electrons. The van der Waals surface area contributed by atoms with Gasteiger partial charge in [0.15, 0.2) is 0 Å². The summed E-state index contributed by atoms with van der Waals surface area (Å²) < 4.78 is 13.8. The maximum absolute atomic E-state index is 13.3. The molecule has 0 bridgehead atoms. The molecule has 1 aliphatic carbocycles. The molecule has 20 heavy (non-hydrogen) atoms. The minimum absolute atomic E-state index is 0.213. The lowest BCUT2D eigenvalue weighted by atomic mass is 9.75. The zero-order valence-corrected chi connectivity index (χ0v) is 13.6. The fourth-order valence-corrected chi connectivity index (χ4v) is 3.78. The number of rotatable bonds is 5. The fraction of sp³-hybridized carbons (Fsp3) is 0.625. The summed E-state index contributed by atoms with van der Waals surface area (Å²) in [6.45, 7) is 2.27. The molecule has 3 unspecified atom stereocenters.